The predicted molar refractivity (Wildman–Crippen MR) is 86.6 cm³/mol. The van der Waals surface area contributed by atoms with Crippen LogP contribution in [0, 0.1) is 5.92 Å². The van der Waals surface area contributed by atoms with Crippen molar-refractivity contribution >= 4 is 17.6 Å². The lowest BCUT2D eigenvalue weighted by molar-refractivity contribution is -0.897. The van der Waals surface area contributed by atoms with E-state index in [1.807, 2.05) is 0 Å². The van der Waals surface area contributed by atoms with E-state index in [4.69, 9.17) is 4.74 Å². The molecule has 1 heterocycles. The zero-order valence-electron chi connectivity index (χ0n) is 14.1. The van der Waals surface area contributed by atoms with E-state index >= 15 is 0 Å². The Kier molecular flexibility index (Phi) is 7.12. The zero-order valence-corrected chi connectivity index (χ0v) is 14.1. The van der Waals surface area contributed by atoms with Crippen LogP contribution in [0.15, 0.2) is 24.3 Å². The van der Waals surface area contributed by atoms with Crippen molar-refractivity contribution in [1.82, 2.24) is 0 Å². The number of hydrogen-bond acceptors (Lipinski definition) is 4. The summed E-state index contributed by atoms with van der Waals surface area (Å²) in [6.45, 7) is 0.772. The quantitative estimate of drug-likeness (QED) is 0.717. The number of carbonyl (C=O) groups excluding carboxylic acids is 2. The van der Waals surface area contributed by atoms with Gasteiger partial charge in [0.05, 0.1) is 31.3 Å². The molecule has 2 N–H and O–H groups in total. The molecule has 0 aliphatic carbocycles. The molecule has 1 aromatic carbocycles. The summed E-state index contributed by atoms with van der Waals surface area (Å²) in [4.78, 5) is 24.9. The van der Waals surface area contributed by atoms with Gasteiger partial charge in [-0.2, -0.15) is 8.78 Å². The van der Waals surface area contributed by atoms with Crippen LogP contribution in [0.4, 0.5) is 14.5 Å². The number of nitrogens with one attached hydrogen (secondary N) is 2. The number of quaternary nitrogens is 1. The van der Waals surface area contributed by atoms with E-state index in [0.717, 1.165) is 4.90 Å². The number of carbonyl (C=O) groups is 2. The second kappa shape index (κ2) is 9.31. The van der Waals surface area contributed by atoms with Crippen LogP contribution < -0.4 is 15.0 Å². The largest absolute Gasteiger partial charge is 0.466 e. The van der Waals surface area contributed by atoms with Crippen LogP contribution in [0.3, 0.4) is 0 Å². The van der Waals surface area contributed by atoms with Crippen molar-refractivity contribution in [3.8, 4) is 5.75 Å². The monoisotopic (exact) mass is 357 g/mol. The number of amides is 1. The molecule has 25 heavy (non-hydrogen) atoms. The maximum Gasteiger partial charge on any atom is 0.387 e. The molecule has 1 aliphatic rings. The van der Waals surface area contributed by atoms with Crippen molar-refractivity contribution in [2.45, 2.75) is 26.4 Å². The number of anilines is 1. The van der Waals surface area contributed by atoms with Gasteiger partial charge in [0.2, 0.25) is 0 Å². The number of halogens is 2. The number of benzene rings is 1. The Bertz CT molecular complexity index is 590. The Morgan fingerprint density at radius 2 is 1.96 bits per heavy atom. The molecule has 2 rings (SSSR count). The Hall–Kier alpha value is -2.22. The molecule has 1 aliphatic heterocycles. The summed E-state index contributed by atoms with van der Waals surface area (Å²) in [6, 6.07) is 6.07. The average Bonchev–Trinajstić information content (AvgIpc) is 2.57. The molecule has 0 radical (unpaired) electrons. The first kappa shape index (κ1) is 19.1. The van der Waals surface area contributed by atoms with Gasteiger partial charge in [-0.25, -0.2) is 0 Å². The lowest BCUT2D eigenvalue weighted by Crippen LogP contribution is -3.14. The summed E-state index contributed by atoms with van der Waals surface area (Å²) in [5.41, 5.74) is 0.216. The van der Waals surface area contributed by atoms with Crippen LogP contribution in [0.5, 0.6) is 5.75 Å². The van der Waals surface area contributed by atoms with Gasteiger partial charge < -0.3 is 19.7 Å². The number of hydrogen-bond donors (Lipinski definition) is 2. The number of para-hydroxylation sites is 2. The topological polar surface area (TPSA) is 69.1 Å². The minimum Gasteiger partial charge on any atom is -0.466 e. The SMILES string of the molecule is CCOC(=O)C1CC[NH+](CC(=O)Nc2ccccc2OC(F)F)CC1. The molecule has 0 spiro atoms. The first-order chi connectivity index (χ1) is 12.0. The third-order valence-electron chi connectivity index (χ3n) is 4.10. The van der Waals surface area contributed by atoms with E-state index in [0.29, 0.717) is 32.5 Å². The molecule has 8 heteroatoms. The minimum atomic E-state index is -2.95. The van der Waals surface area contributed by atoms with Crippen LogP contribution in [0.25, 0.3) is 0 Å². The molecule has 1 saturated heterocycles. The van der Waals surface area contributed by atoms with Crippen molar-refractivity contribution in [2.75, 3.05) is 31.6 Å². The number of piperidine rings is 1. The van der Waals surface area contributed by atoms with Crippen molar-refractivity contribution in [2.24, 2.45) is 5.92 Å². The van der Waals surface area contributed by atoms with Crippen LogP contribution in [0.1, 0.15) is 19.8 Å². The summed E-state index contributed by atoms with van der Waals surface area (Å²) in [7, 11) is 0. The van der Waals surface area contributed by atoms with E-state index in [1.54, 1.807) is 19.1 Å². The molecule has 1 fully saturated rings. The molecule has 0 saturated carbocycles. The maximum atomic E-state index is 12.4. The maximum absolute atomic E-state index is 12.4. The molecule has 0 atom stereocenters. The molecule has 0 bridgehead atoms. The summed E-state index contributed by atoms with van der Waals surface area (Å²) in [5, 5.41) is 2.61. The second-order valence-electron chi connectivity index (χ2n) is 5.88. The first-order valence-corrected chi connectivity index (χ1v) is 8.33. The minimum absolute atomic E-state index is 0.0677. The fourth-order valence-corrected chi connectivity index (χ4v) is 2.89. The summed E-state index contributed by atoms with van der Waals surface area (Å²) < 4.78 is 34.2. The average molecular weight is 357 g/mol. The van der Waals surface area contributed by atoms with Gasteiger partial charge in [0, 0.05) is 12.8 Å². The Morgan fingerprint density at radius 3 is 2.60 bits per heavy atom. The van der Waals surface area contributed by atoms with Gasteiger partial charge >= 0.3 is 12.6 Å². The van der Waals surface area contributed by atoms with Crippen molar-refractivity contribution in [3.05, 3.63) is 24.3 Å². The summed E-state index contributed by atoms with van der Waals surface area (Å²) in [5.74, 6) is -0.632. The summed E-state index contributed by atoms with van der Waals surface area (Å²) in [6.07, 6.45) is 1.35. The molecule has 6 nitrogen and oxygen atoms in total. The molecule has 0 unspecified atom stereocenters. The lowest BCUT2D eigenvalue weighted by atomic mass is 9.97. The Balaban J connectivity index is 1.83. The normalized spacial score (nSPS) is 20.2. The highest BCUT2D eigenvalue weighted by Gasteiger charge is 2.29. The number of likely N-dealkylation sites (tertiary alicyclic amines) is 1. The van der Waals surface area contributed by atoms with Gasteiger partial charge in [0.15, 0.2) is 6.54 Å². The van der Waals surface area contributed by atoms with Crippen molar-refractivity contribution in [1.29, 1.82) is 0 Å². The fourth-order valence-electron chi connectivity index (χ4n) is 2.89. The van der Waals surface area contributed by atoms with E-state index in [1.165, 1.54) is 12.1 Å². The van der Waals surface area contributed by atoms with E-state index < -0.39 is 6.61 Å². The lowest BCUT2D eigenvalue weighted by Gasteiger charge is -2.27. The van der Waals surface area contributed by atoms with Gasteiger partial charge in [0.25, 0.3) is 5.91 Å². The molecule has 0 aromatic heterocycles. The molecule has 1 amide bonds. The second-order valence-corrected chi connectivity index (χ2v) is 5.88. The van der Waals surface area contributed by atoms with Crippen LogP contribution in [-0.2, 0) is 14.3 Å². The molecular formula is C17H23F2N2O4+. The van der Waals surface area contributed by atoms with Gasteiger partial charge in [-0.1, -0.05) is 12.1 Å². The zero-order chi connectivity index (χ0) is 18.2. The third kappa shape index (κ3) is 5.97. The predicted octanol–water partition coefficient (Wildman–Crippen LogP) is 1.08. The van der Waals surface area contributed by atoms with Gasteiger partial charge in [0.1, 0.15) is 5.75 Å². The highest BCUT2D eigenvalue weighted by molar-refractivity contribution is 5.92. The number of ether oxygens (including phenoxy) is 2. The Labute approximate surface area is 145 Å². The fraction of sp³-hybridized carbons (Fsp3) is 0.529. The molecule has 1 aromatic rings. The van der Waals surface area contributed by atoms with Gasteiger partial charge in [-0.05, 0) is 19.1 Å². The highest BCUT2D eigenvalue weighted by Crippen LogP contribution is 2.25. The standard InChI is InChI=1S/C17H22F2N2O4/c1-2-24-16(23)12-7-9-21(10-8-12)11-15(22)20-13-5-3-4-6-14(13)25-17(18)19/h3-6,12,17H,2,7-11H2,1H3,(H,20,22)/p+1. The van der Waals surface area contributed by atoms with Gasteiger partial charge in [-0.3, -0.25) is 9.59 Å². The van der Waals surface area contributed by atoms with Crippen molar-refractivity contribution < 1.29 is 32.7 Å². The third-order valence-corrected chi connectivity index (χ3v) is 4.10. The number of rotatable bonds is 7. The number of alkyl halides is 2. The smallest absolute Gasteiger partial charge is 0.387 e. The van der Waals surface area contributed by atoms with E-state index in [9.17, 15) is 18.4 Å². The van der Waals surface area contributed by atoms with Crippen molar-refractivity contribution in [3.63, 3.8) is 0 Å². The van der Waals surface area contributed by atoms with Gasteiger partial charge in [-0.15, -0.1) is 0 Å². The van der Waals surface area contributed by atoms with Crippen LogP contribution in [0.2, 0.25) is 0 Å². The van der Waals surface area contributed by atoms with Crippen LogP contribution >= 0.6 is 0 Å². The highest BCUT2D eigenvalue weighted by atomic mass is 19.3. The molecule has 138 valence electrons. The number of esters is 1. The van der Waals surface area contributed by atoms with Crippen LogP contribution in [-0.4, -0.2) is 44.7 Å². The molecular weight excluding hydrogens is 334 g/mol. The Morgan fingerprint density at radius 1 is 1.28 bits per heavy atom. The van der Waals surface area contributed by atoms with E-state index in [-0.39, 0.29) is 35.8 Å². The summed E-state index contributed by atoms with van der Waals surface area (Å²) >= 11 is 0. The van der Waals surface area contributed by atoms with E-state index in [2.05, 4.69) is 10.1 Å². The first-order valence-electron chi connectivity index (χ1n) is 8.33.